The number of hydrogen-bond donors (Lipinski definition) is 0. The van der Waals surface area contributed by atoms with E-state index in [4.69, 9.17) is 0 Å². The largest absolute Gasteiger partial charge is 0.298 e. The molecule has 20 heavy (non-hydrogen) atoms. The maximum absolute atomic E-state index is 13.5. The number of halogens is 1. The second-order valence-electron chi connectivity index (χ2n) is 5.24. The summed E-state index contributed by atoms with van der Waals surface area (Å²) < 4.78 is 13.5. The van der Waals surface area contributed by atoms with Crippen molar-refractivity contribution in [3.05, 3.63) is 82.7 Å². The summed E-state index contributed by atoms with van der Waals surface area (Å²) in [5, 5.41) is 0. The Labute approximate surface area is 117 Å². The van der Waals surface area contributed by atoms with E-state index in [0.717, 1.165) is 29.4 Å². The minimum Gasteiger partial charge on any atom is -0.298 e. The van der Waals surface area contributed by atoms with Crippen LogP contribution in [-0.4, -0.2) is 6.29 Å². The quantitative estimate of drug-likeness (QED) is 0.596. The first-order chi connectivity index (χ1) is 9.69. The van der Waals surface area contributed by atoms with Crippen LogP contribution in [0.3, 0.4) is 0 Å². The van der Waals surface area contributed by atoms with Gasteiger partial charge in [0.15, 0.2) is 0 Å². The first-order valence-electron chi connectivity index (χ1n) is 6.68. The van der Waals surface area contributed by atoms with Gasteiger partial charge in [-0.1, -0.05) is 36.9 Å². The number of aldehydes is 1. The molecule has 3 rings (SSSR count). The van der Waals surface area contributed by atoms with Gasteiger partial charge in [0.25, 0.3) is 0 Å². The fourth-order valence-corrected chi connectivity index (χ4v) is 2.94. The lowest BCUT2D eigenvalue weighted by Crippen LogP contribution is -2.07. The molecule has 2 aromatic rings. The van der Waals surface area contributed by atoms with Gasteiger partial charge in [0, 0.05) is 5.92 Å². The Hall–Kier alpha value is -2.22. The van der Waals surface area contributed by atoms with Crippen molar-refractivity contribution < 1.29 is 9.18 Å². The van der Waals surface area contributed by atoms with Gasteiger partial charge < -0.3 is 0 Å². The summed E-state index contributed by atoms with van der Waals surface area (Å²) >= 11 is 0. The Bertz CT molecular complexity index is 688. The van der Waals surface area contributed by atoms with E-state index >= 15 is 0 Å². The molecule has 1 aliphatic rings. The monoisotopic (exact) mass is 266 g/mol. The SMILES string of the molecule is C=C(C=O)[C@H]1Cc2cc(F)ccc2Cc2ccccc21. The number of benzene rings is 2. The molecule has 0 bridgehead atoms. The zero-order valence-electron chi connectivity index (χ0n) is 11.1. The Morgan fingerprint density at radius 2 is 1.95 bits per heavy atom. The predicted molar refractivity (Wildman–Crippen MR) is 77.3 cm³/mol. The van der Waals surface area contributed by atoms with Crippen LogP contribution in [0.15, 0.2) is 54.6 Å². The Morgan fingerprint density at radius 3 is 2.75 bits per heavy atom. The molecule has 2 heteroatoms. The normalized spacial score (nSPS) is 16.8. The molecule has 1 aliphatic carbocycles. The van der Waals surface area contributed by atoms with E-state index in [-0.39, 0.29) is 11.7 Å². The highest BCUT2D eigenvalue weighted by molar-refractivity contribution is 5.75. The van der Waals surface area contributed by atoms with Gasteiger partial charge in [-0.3, -0.25) is 4.79 Å². The molecule has 0 aromatic heterocycles. The van der Waals surface area contributed by atoms with E-state index in [1.54, 1.807) is 6.07 Å². The fourth-order valence-electron chi connectivity index (χ4n) is 2.94. The number of allylic oxidation sites excluding steroid dienone is 1. The molecule has 0 amide bonds. The molecule has 0 aliphatic heterocycles. The van der Waals surface area contributed by atoms with Crippen LogP contribution in [0.1, 0.15) is 28.2 Å². The van der Waals surface area contributed by atoms with Crippen LogP contribution in [0.4, 0.5) is 4.39 Å². The molecule has 0 spiro atoms. The van der Waals surface area contributed by atoms with E-state index < -0.39 is 0 Å². The number of carbonyl (C=O) groups is 1. The van der Waals surface area contributed by atoms with Crippen molar-refractivity contribution in [2.75, 3.05) is 0 Å². The molecule has 0 fully saturated rings. The van der Waals surface area contributed by atoms with Gasteiger partial charge in [-0.05, 0) is 52.8 Å². The van der Waals surface area contributed by atoms with Crippen molar-refractivity contribution in [3.8, 4) is 0 Å². The molecule has 0 saturated carbocycles. The Balaban J connectivity index is 2.16. The van der Waals surface area contributed by atoms with Gasteiger partial charge in [-0.2, -0.15) is 0 Å². The van der Waals surface area contributed by atoms with E-state index in [1.165, 1.54) is 11.6 Å². The lowest BCUT2D eigenvalue weighted by Gasteiger charge is -2.17. The third kappa shape index (κ3) is 2.18. The standard InChI is InChI=1S/C18H15FO/c1-12(11-20)18-10-15-9-16(19)7-6-13(15)8-14-4-2-3-5-17(14)18/h2-7,9,11,18H,1,8,10H2/t18-/m1/s1. The Morgan fingerprint density at radius 1 is 1.15 bits per heavy atom. The van der Waals surface area contributed by atoms with E-state index in [2.05, 4.69) is 12.6 Å². The minimum absolute atomic E-state index is 0.0632. The van der Waals surface area contributed by atoms with Crippen molar-refractivity contribution in [3.63, 3.8) is 0 Å². The van der Waals surface area contributed by atoms with Crippen molar-refractivity contribution in [1.29, 1.82) is 0 Å². The highest BCUT2D eigenvalue weighted by Crippen LogP contribution is 2.35. The Kier molecular flexibility index (Phi) is 3.23. The molecule has 0 radical (unpaired) electrons. The first-order valence-corrected chi connectivity index (χ1v) is 6.68. The minimum atomic E-state index is -0.231. The predicted octanol–water partition coefficient (Wildman–Crippen LogP) is 3.81. The molecular formula is C18H15FO. The zero-order chi connectivity index (χ0) is 14.1. The molecule has 0 saturated heterocycles. The van der Waals surface area contributed by atoms with Gasteiger partial charge in [-0.25, -0.2) is 4.39 Å². The van der Waals surface area contributed by atoms with Crippen LogP contribution in [0.2, 0.25) is 0 Å². The van der Waals surface area contributed by atoms with Crippen molar-refractivity contribution in [1.82, 2.24) is 0 Å². The maximum atomic E-state index is 13.5. The average molecular weight is 266 g/mol. The summed E-state index contributed by atoms with van der Waals surface area (Å²) in [6.45, 7) is 3.87. The second-order valence-corrected chi connectivity index (χ2v) is 5.24. The van der Waals surface area contributed by atoms with E-state index in [1.807, 2.05) is 24.3 Å². The highest BCUT2D eigenvalue weighted by atomic mass is 19.1. The molecule has 1 atom stereocenters. The molecule has 0 unspecified atom stereocenters. The van der Waals surface area contributed by atoms with Crippen LogP contribution in [-0.2, 0) is 17.6 Å². The van der Waals surface area contributed by atoms with E-state index in [0.29, 0.717) is 12.0 Å². The number of hydrogen-bond acceptors (Lipinski definition) is 1. The van der Waals surface area contributed by atoms with Crippen LogP contribution in [0.25, 0.3) is 0 Å². The van der Waals surface area contributed by atoms with Crippen molar-refractivity contribution >= 4 is 6.29 Å². The average Bonchev–Trinajstić information content (AvgIpc) is 2.63. The maximum Gasteiger partial charge on any atom is 0.146 e. The third-order valence-electron chi connectivity index (χ3n) is 4.00. The van der Waals surface area contributed by atoms with Crippen LogP contribution >= 0.6 is 0 Å². The lowest BCUT2D eigenvalue weighted by atomic mass is 9.86. The van der Waals surface area contributed by atoms with Gasteiger partial charge in [0.2, 0.25) is 0 Å². The summed E-state index contributed by atoms with van der Waals surface area (Å²) in [5.41, 5.74) is 4.95. The van der Waals surface area contributed by atoms with Crippen LogP contribution < -0.4 is 0 Å². The van der Waals surface area contributed by atoms with E-state index in [9.17, 15) is 9.18 Å². The van der Waals surface area contributed by atoms with Crippen LogP contribution in [0.5, 0.6) is 0 Å². The number of rotatable bonds is 2. The molecule has 1 nitrogen and oxygen atoms in total. The highest BCUT2D eigenvalue weighted by Gasteiger charge is 2.23. The van der Waals surface area contributed by atoms with Crippen molar-refractivity contribution in [2.24, 2.45) is 0 Å². The lowest BCUT2D eigenvalue weighted by molar-refractivity contribution is -0.105. The summed E-state index contributed by atoms with van der Waals surface area (Å²) in [4.78, 5) is 11.1. The van der Waals surface area contributed by atoms with Gasteiger partial charge >= 0.3 is 0 Å². The van der Waals surface area contributed by atoms with Gasteiger partial charge in [0.1, 0.15) is 12.1 Å². The second kappa shape index (κ2) is 5.04. The van der Waals surface area contributed by atoms with Gasteiger partial charge in [-0.15, -0.1) is 0 Å². The zero-order valence-corrected chi connectivity index (χ0v) is 11.1. The molecule has 100 valence electrons. The molecular weight excluding hydrogens is 251 g/mol. The third-order valence-corrected chi connectivity index (χ3v) is 4.00. The number of carbonyl (C=O) groups excluding carboxylic acids is 1. The molecule has 0 N–H and O–H groups in total. The summed E-state index contributed by atoms with van der Waals surface area (Å²) in [5.74, 6) is -0.295. The summed E-state index contributed by atoms with van der Waals surface area (Å²) in [7, 11) is 0. The summed E-state index contributed by atoms with van der Waals surface area (Å²) in [6.07, 6.45) is 2.21. The number of fused-ring (bicyclic) bond motifs is 2. The van der Waals surface area contributed by atoms with Crippen LogP contribution in [0, 0.1) is 5.82 Å². The molecule has 0 heterocycles. The molecule has 2 aromatic carbocycles. The van der Waals surface area contributed by atoms with Gasteiger partial charge in [0.05, 0.1) is 0 Å². The fraction of sp³-hybridized carbons (Fsp3) is 0.167. The smallest absolute Gasteiger partial charge is 0.146 e. The van der Waals surface area contributed by atoms with Crippen molar-refractivity contribution in [2.45, 2.75) is 18.8 Å². The first kappa shape index (κ1) is 12.8. The topological polar surface area (TPSA) is 17.1 Å². The summed E-state index contributed by atoms with van der Waals surface area (Å²) in [6, 6.07) is 13.0.